The molecule has 1 amide bonds. The number of hydrogen-bond acceptors (Lipinski definition) is 4. The predicted octanol–water partition coefficient (Wildman–Crippen LogP) is 0.833. The first kappa shape index (κ1) is 14.5. The van der Waals surface area contributed by atoms with Gasteiger partial charge < -0.3 is 4.90 Å². The fourth-order valence-corrected chi connectivity index (χ4v) is 4.48. The first-order valence-electron chi connectivity index (χ1n) is 6.97. The van der Waals surface area contributed by atoms with E-state index in [0.29, 0.717) is 12.8 Å². The van der Waals surface area contributed by atoms with E-state index in [4.69, 9.17) is 0 Å². The molecule has 0 aliphatic carbocycles. The molecule has 0 aromatic heterocycles. The minimum atomic E-state index is -2.96. The quantitative estimate of drug-likeness (QED) is 0.878. The van der Waals surface area contributed by atoms with Crippen LogP contribution in [0.4, 0.5) is 4.39 Å². The molecule has 2 fully saturated rings. The molecule has 1 N–H and O–H groups in total. The van der Waals surface area contributed by atoms with Gasteiger partial charge in [0.2, 0.25) is 5.91 Å². The Morgan fingerprint density at radius 2 is 1.76 bits per heavy atom. The molecular weight excluding hydrogens is 295 g/mol. The number of halogens is 1. The minimum Gasteiger partial charge on any atom is -0.319 e. The van der Waals surface area contributed by atoms with E-state index in [1.165, 1.54) is 12.1 Å². The van der Waals surface area contributed by atoms with Gasteiger partial charge in [0.1, 0.15) is 21.8 Å². The van der Waals surface area contributed by atoms with Crippen LogP contribution in [0.3, 0.4) is 0 Å². The van der Waals surface area contributed by atoms with Crippen molar-refractivity contribution in [2.24, 2.45) is 0 Å². The molecule has 1 aromatic carbocycles. The van der Waals surface area contributed by atoms with Crippen molar-refractivity contribution in [3.05, 3.63) is 35.6 Å². The Balaban J connectivity index is 1.81. The SMILES string of the molecule is O=C1CNC(c2ccc(F)cc2)N1C1CCS(=O)(=O)CC1. The second-order valence-electron chi connectivity index (χ2n) is 5.52. The Bertz CT molecular complexity index is 631. The summed E-state index contributed by atoms with van der Waals surface area (Å²) in [6, 6.07) is 5.95. The Morgan fingerprint density at radius 3 is 2.38 bits per heavy atom. The standard InChI is InChI=1S/C14H17FN2O3S/c15-11-3-1-10(2-4-11)14-16-9-13(18)17(14)12-5-7-21(19,20)8-6-12/h1-4,12,14,16H,5-9H2. The molecule has 2 heterocycles. The Hall–Kier alpha value is -1.47. The molecule has 0 radical (unpaired) electrons. The number of amides is 1. The molecule has 0 saturated carbocycles. The molecule has 0 bridgehead atoms. The fourth-order valence-electron chi connectivity index (χ4n) is 3.01. The summed E-state index contributed by atoms with van der Waals surface area (Å²) in [6.45, 7) is 0.227. The molecule has 114 valence electrons. The number of rotatable bonds is 2. The molecule has 5 nitrogen and oxygen atoms in total. The smallest absolute Gasteiger partial charge is 0.238 e. The second kappa shape index (κ2) is 5.38. The van der Waals surface area contributed by atoms with Crippen molar-refractivity contribution in [1.82, 2.24) is 10.2 Å². The normalized spacial score (nSPS) is 26.2. The van der Waals surface area contributed by atoms with Crippen LogP contribution in [-0.2, 0) is 14.6 Å². The molecule has 2 aliphatic rings. The van der Waals surface area contributed by atoms with E-state index in [9.17, 15) is 17.6 Å². The summed E-state index contributed by atoms with van der Waals surface area (Å²) in [5, 5.41) is 3.11. The molecular formula is C14H17FN2O3S. The van der Waals surface area contributed by atoms with Gasteiger partial charge in [-0.1, -0.05) is 12.1 Å². The second-order valence-corrected chi connectivity index (χ2v) is 7.82. The monoisotopic (exact) mass is 312 g/mol. The van der Waals surface area contributed by atoms with E-state index < -0.39 is 9.84 Å². The number of carbonyl (C=O) groups is 1. The first-order chi connectivity index (χ1) is 9.96. The van der Waals surface area contributed by atoms with Gasteiger partial charge in [0.15, 0.2) is 0 Å². The third kappa shape index (κ3) is 2.94. The van der Waals surface area contributed by atoms with Crippen molar-refractivity contribution in [3.63, 3.8) is 0 Å². The number of nitrogens with one attached hydrogen (secondary N) is 1. The molecule has 2 saturated heterocycles. The molecule has 21 heavy (non-hydrogen) atoms. The minimum absolute atomic E-state index is 0.0337. The van der Waals surface area contributed by atoms with Crippen LogP contribution >= 0.6 is 0 Å². The van der Waals surface area contributed by atoms with Gasteiger partial charge in [-0.25, -0.2) is 12.8 Å². The first-order valence-corrected chi connectivity index (χ1v) is 8.79. The lowest BCUT2D eigenvalue weighted by Gasteiger charge is -2.35. The molecule has 2 aliphatic heterocycles. The summed E-state index contributed by atoms with van der Waals surface area (Å²) in [4.78, 5) is 13.8. The van der Waals surface area contributed by atoms with Crippen molar-refractivity contribution >= 4 is 15.7 Å². The highest BCUT2D eigenvalue weighted by Gasteiger charge is 2.39. The number of carbonyl (C=O) groups excluding carboxylic acids is 1. The van der Waals surface area contributed by atoms with Crippen molar-refractivity contribution in [2.75, 3.05) is 18.1 Å². The summed E-state index contributed by atoms with van der Waals surface area (Å²) in [5.74, 6) is -0.109. The Kier molecular flexibility index (Phi) is 3.71. The van der Waals surface area contributed by atoms with Crippen LogP contribution in [0.1, 0.15) is 24.6 Å². The lowest BCUT2D eigenvalue weighted by Crippen LogP contribution is -2.44. The fraction of sp³-hybridized carbons (Fsp3) is 0.500. The van der Waals surface area contributed by atoms with Crippen LogP contribution in [0.5, 0.6) is 0 Å². The van der Waals surface area contributed by atoms with Gasteiger partial charge in [0.05, 0.1) is 18.1 Å². The maximum Gasteiger partial charge on any atom is 0.238 e. The van der Waals surface area contributed by atoms with Crippen LogP contribution in [-0.4, -0.2) is 43.3 Å². The van der Waals surface area contributed by atoms with E-state index in [-0.39, 0.29) is 42.0 Å². The summed E-state index contributed by atoms with van der Waals surface area (Å²) >= 11 is 0. The van der Waals surface area contributed by atoms with E-state index in [1.54, 1.807) is 17.0 Å². The van der Waals surface area contributed by atoms with E-state index in [0.717, 1.165) is 5.56 Å². The maximum absolute atomic E-state index is 13.0. The highest BCUT2D eigenvalue weighted by Crippen LogP contribution is 2.29. The van der Waals surface area contributed by atoms with Gasteiger partial charge >= 0.3 is 0 Å². The largest absolute Gasteiger partial charge is 0.319 e. The predicted molar refractivity (Wildman–Crippen MR) is 75.7 cm³/mol. The zero-order valence-electron chi connectivity index (χ0n) is 11.5. The van der Waals surface area contributed by atoms with Crippen LogP contribution in [0.25, 0.3) is 0 Å². The van der Waals surface area contributed by atoms with E-state index in [2.05, 4.69) is 5.32 Å². The van der Waals surface area contributed by atoms with Gasteiger partial charge in [-0.15, -0.1) is 0 Å². The third-order valence-electron chi connectivity index (χ3n) is 4.12. The molecule has 1 unspecified atom stereocenters. The lowest BCUT2D eigenvalue weighted by molar-refractivity contribution is -0.130. The maximum atomic E-state index is 13.0. The Morgan fingerprint density at radius 1 is 1.14 bits per heavy atom. The highest BCUT2D eigenvalue weighted by molar-refractivity contribution is 7.91. The van der Waals surface area contributed by atoms with E-state index in [1.807, 2.05) is 0 Å². The number of sulfone groups is 1. The highest BCUT2D eigenvalue weighted by atomic mass is 32.2. The van der Waals surface area contributed by atoms with Crippen molar-refractivity contribution in [1.29, 1.82) is 0 Å². The summed E-state index contributed by atoms with van der Waals surface area (Å²) < 4.78 is 36.1. The van der Waals surface area contributed by atoms with Crippen molar-refractivity contribution in [3.8, 4) is 0 Å². The molecule has 7 heteroatoms. The summed E-state index contributed by atoms with van der Waals surface area (Å²) in [5.41, 5.74) is 0.815. The van der Waals surface area contributed by atoms with Gasteiger partial charge in [-0.2, -0.15) is 0 Å². The molecule has 1 aromatic rings. The Labute approximate surface area is 123 Å². The summed E-state index contributed by atoms with van der Waals surface area (Å²) in [7, 11) is -2.96. The average molecular weight is 312 g/mol. The zero-order valence-corrected chi connectivity index (χ0v) is 12.3. The average Bonchev–Trinajstić information content (AvgIpc) is 2.82. The van der Waals surface area contributed by atoms with Crippen LogP contribution < -0.4 is 5.32 Å². The van der Waals surface area contributed by atoms with Gasteiger partial charge in [-0.3, -0.25) is 10.1 Å². The van der Waals surface area contributed by atoms with Crippen molar-refractivity contribution in [2.45, 2.75) is 25.0 Å². The van der Waals surface area contributed by atoms with Gasteiger partial charge in [-0.05, 0) is 30.5 Å². The van der Waals surface area contributed by atoms with Crippen LogP contribution in [0, 0.1) is 5.82 Å². The molecule has 1 atom stereocenters. The van der Waals surface area contributed by atoms with Gasteiger partial charge in [0, 0.05) is 6.04 Å². The lowest BCUT2D eigenvalue weighted by atomic mass is 10.1. The summed E-state index contributed by atoms with van der Waals surface area (Å²) in [6.07, 6.45) is 0.630. The van der Waals surface area contributed by atoms with E-state index >= 15 is 0 Å². The zero-order chi connectivity index (χ0) is 15.0. The van der Waals surface area contributed by atoms with Crippen molar-refractivity contribution < 1.29 is 17.6 Å². The third-order valence-corrected chi connectivity index (χ3v) is 5.83. The van der Waals surface area contributed by atoms with Crippen LogP contribution in [0.15, 0.2) is 24.3 Å². The number of nitrogens with zero attached hydrogens (tertiary/aromatic N) is 1. The number of hydrogen-bond donors (Lipinski definition) is 1. The van der Waals surface area contributed by atoms with Gasteiger partial charge in [0.25, 0.3) is 0 Å². The number of benzene rings is 1. The molecule has 0 spiro atoms. The topological polar surface area (TPSA) is 66.5 Å². The molecule has 3 rings (SSSR count). The van der Waals surface area contributed by atoms with Crippen LogP contribution in [0.2, 0.25) is 0 Å².